The smallest absolute Gasteiger partial charge is 0.251 e. The molecule has 0 spiro atoms. The molecule has 4 aromatic carbocycles. The van der Waals surface area contributed by atoms with Gasteiger partial charge in [0.05, 0.1) is 6.04 Å². The Morgan fingerprint density at radius 2 is 1.50 bits per heavy atom. The van der Waals surface area contributed by atoms with Crippen LogP contribution in [0.2, 0.25) is 0 Å². The third-order valence-electron chi connectivity index (χ3n) is 9.01. The van der Waals surface area contributed by atoms with E-state index in [4.69, 9.17) is 4.74 Å². The van der Waals surface area contributed by atoms with Crippen molar-refractivity contribution in [2.45, 2.75) is 43.7 Å². The molecule has 6 rings (SSSR count). The van der Waals surface area contributed by atoms with Crippen molar-refractivity contribution in [1.82, 2.24) is 15.1 Å². The average Bonchev–Trinajstić information content (AvgIpc) is 3.60. The van der Waals surface area contributed by atoms with Gasteiger partial charge in [-0.15, -0.1) is 0 Å². The van der Waals surface area contributed by atoms with E-state index in [1.54, 1.807) is 6.07 Å². The highest BCUT2D eigenvalue weighted by Gasteiger charge is 2.27. The molecular weight excluding hydrogens is 549 g/mol. The fourth-order valence-corrected chi connectivity index (χ4v) is 6.74. The Morgan fingerprint density at radius 1 is 0.818 bits per heavy atom. The van der Waals surface area contributed by atoms with Crippen molar-refractivity contribution in [3.8, 4) is 5.75 Å². The maximum Gasteiger partial charge on any atom is 0.251 e. The largest absolute Gasteiger partial charge is 0.489 e. The van der Waals surface area contributed by atoms with Gasteiger partial charge in [-0.2, -0.15) is 0 Å². The first kappa shape index (κ1) is 30.0. The van der Waals surface area contributed by atoms with Crippen LogP contribution in [-0.4, -0.2) is 61.1 Å². The number of likely N-dealkylation sites (tertiary alicyclic amines) is 2. The van der Waals surface area contributed by atoms with E-state index in [9.17, 15) is 9.18 Å². The van der Waals surface area contributed by atoms with E-state index in [-0.39, 0.29) is 29.8 Å². The number of ether oxygens (including phenoxy) is 1. The second-order valence-corrected chi connectivity index (χ2v) is 12.0. The van der Waals surface area contributed by atoms with Crippen molar-refractivity contribution in [2.24, 2.45) is 0 Å². The van der Waals surface area contributed by atoms with Crippen LogP contribution < -0.4 is 10.1 Å². The minimum Gasteiger partial charge on any atom is -0.489 e. The molecule has 6 heteroatoms. The van der Waals surface area contributed by atoms with E-state index >= 15 is 0 Å². The van der Waals surface area contributed by atoms with Gasteiger partial charge in [-0.3, -0.25) is 14.6 Å². The summed E-state index contributed by atoms with van der Waals surface area (Å²) < 4.78 is 21.2. The highest BCUT2D eigenvalue weighted by molar-refractivity contribution is 5.94. The van der Waals surface area contributed by atoms with Crippen LogP contribution in [0, 0.1) is 5.82 Å². The molecule has 1 N–H and O–H groups in total. The SMILES string of the molecule is O=C(NCC(c1ccccc1F)N1CCCC1)c1cccc(OC2CCCN(CC(c3ccccc3)c3ccccc3)C2)c1. The standard InChI is InChI=1S/C38H42FN3O2/c39-36-21-8-7-20-34(36)37(42-23-9-10-24-42)26-40-38(43)31-17-11-18-32(25-31)44-33-19-12-22-41(27-33)28-35(29-13-3-1-4-14-29)30-15-5-2-6-16-30/h1-8,11,13-18,20-21,25,33,35,37H,9-10,12,19,22-24,26-28H2,(H,40,43). The number of amides is 1. The lowest BCUT2D eigenvalue weighted by atomic mass is 9.90. The van der Waals surface area contributed by atoms with Crippen LogP contribution in [0.4, 0.5) is 4.39 Å². The summed E-state index contributed by atoms with van der Waals surface area (Å²) in [6, 6.07) is 35.6. The molecule has 2 atom stereocenters. The van der Waals surface area contributed by atoms with Gasteiger partial charge in [-0.25, -0.2) is 4.39 Å². The summed E-state index contributed by atoms with van der Waals surface area (Å²) in [4.78, 5) is 18.1. The van der Waals surface area contributed by atoms with Crippen molar-refractivity contribution in [3.05, 3.63) is 137 Å². The highest BCUT2D eigenvalue weighted by Crippen LogP contribution is 2.29. The summed E-state index contributed by atoms with van der Waals surface area (Å²) in [6.45, 7) is 4.98. The Labute approximate surface area is 260 Å². The maximum atomic E-state index is 14.7. The van der Waals surface area contributed by atoms with Gasteiger partial charge >= 0.3 is 0 Å². The van der Waals surface area contributed by atoms with Gasteiger partial charge in [0.1, 0.15) is 17.7 Å². The molecule has 2 fully saturated rings. The Bertz CT molecular complexity index is 1450. The Morgan fingerprint density at radius 3 is 2.20 bits per heavy atom. The molecule has 228 valence electrons. The third-order valence-corrected chi connectivity index (χ3v) is 9.01. The number of hydrogen-bond acceptors (Lipinski definition) is 4. The van der Waals surface area contributed by atoms with E-state index in [2.05, 4.69) is 75.8 Å². The van der Waals surface area contributed by atoms with E-state index in [1.165, 1.54) is 17.2 Å². The Kier molecular flexibility index (Phi) is 10.0. The zero-order valence-corrected chi connectivity index (χ0v) is 25.3. The van der Waals surface area contributed by atoms with Crippen molar-refractivity contribution in [2.75, 3.05) is 39.3 Å². The number of nitrogens with zero attached hydrogens (tertiary/aromatic N) is 2. The maximum absolute atomic E-state index is 14.7. The van der Waals surface area contributed by atoms with Crippen molar-refractivity contribution >= 4 is 5.91 Å². The van der Waals surface area contributed by atoms with Crippen LogP contribution in [0.1, 0.15) is 64.7 Å². The summed E-state index contributed by atoms with van der Waals surface area (Å²) in [5, 5.41) is 3.08. The molecule has 2 saturated heterocycles. The molecule has 0 aliphatic carbocycles. The first-order chi connectivity index (χ1) is 21.6. The number of carbonyl (C=O) groups excluding carboxylic acids is 1. The van der Waals surface area contributed by atoms with Gasteiger partial charge in [0.15, 0.2) is 0 Å². The summed E-state index contributed by atoms with van der Waals surface area (Å²) in [5.41, 5.74) is 3.83. The molecule has 2 aliphatic heterocycles. The fraction of sp³-hybridized carbons (Fsp3) is 0.342. The lowest BCUT2D eigenvalue weighted by Gasteiger charge is -2.35. The van der Waals surface area contributed by atoms with Crippen molar-refractivity contribution in [3.63, 3.8) is 0 Å². The van der Waals surface area contributed by atoms with E-state index < -0.39 is 0 Å². The molecule has 0 aromatic heterocycles. The van der Waals surface area contributed by atoms with Crippen LogP contribution in [-0.2, 0) is 0 Å². The van der Waals surface area contributed by atoms with Crippen LogP contribution >= 0.6 is 0 Å². The van der Waals surface area contributed by atoms with E-state index in [0.717, 1.165) is 58.4 Å². The van der Waals surface area contributed by atoms with E-state index in [0.29, 0.717) is 23.4 Å². The van der Waals surface area contributed by atoms with Crippen LogP contribution in [0.3, 0.4) is 0 Å². The lowest BCUT2D eigenvalue weighted by Crippen LogP contribution is -2.43. The summed E-state index contributed by atoms with van der Waals surface area (Å²) in [6.07, 6.45) is 4.28. The molecule has 2 heterocycles. The molecule has 2 unspecified atom stereocenters. The highest BCUT2D eigenvalue weighted by atomic mass is 19.1. The number of piperidine rings is 1. The molecule has 44 heavy (non-hydrogen) atoms. The molecule has 0 saturated carbocycles. The molecule has 4 aromatic rings. The zero-order chi connectivity index (χ0) is 30.1. The number of hydrogen-bond donors (Lipinski definition) is 1. The first-order valence-corrected chi connectivity index (χ1v) is 16.0. The van der Waals surface area contributed by atoms with Gasteiger partial charge in [0.2, 0.25) is 0 Å². The molecular formula is C38H42FN3O2. The minimum atomic E-state index is -0.227. The van der Waals surface area contributed by atoms with Crippen LogP contribution in [0.5, 0.6) is 5.75 Å². The molecule has 0 radical (unpaired) electrons. The average molecular weight is 592 g/mol. The number of benzene rings is 4. The summed E-state index contributed by atoms with van der Waals surface area (Å²) >= 11 is 0. The normalized spacial score (nSPS) is 18.3. The van der Waals surface area contributed by atoms with Gasteiger partial charge < -0.3 is 10.1 Å². The van der Waals surface area contributed by atoms with Gasteiger partial charge in [0, 0.05) is 36.7 Å². The monoisotopic (exact) mass is 591 g/mol. The number of carbonyl (C=O) groups is 1. The quantitative estimate of drug-likeness (QED) is 0.203. The Balaban J connectivity index is 1.09. The van der Waals surface area contributed by atoms with E-state index in [1.807, 2.05) is 36.4 Å². The van der Waals surface area contributed by atoms with Crippen LogP contribution in [0.15, 0.2) is 109 Å². The van der Waals surface area contributed by atoms with Gasteiger partial charge in [-0.1, -0.05) is 84.9 Å². The predicted molar refractivity (Wildman–Crippen MR) is 174 cm³/mol. The predicted octanol–water partition coefficient (Wildman–Crippen LogP) is 7.07. The molecule has 2 aliphatic rings. The third kappa shape index (κ3) is 7.55. The van der Waals surface area contributed by atoms with Gasteiger partial charge in [0.25, 0.3) is 5.91 Å². The number of halogens is 1. The zero-order valence-electron chi connectivity index (χ0n) is 25.3. The van der Waals surface area contributed by atoms with Gasteiger partial charge in [-0.05, 0) is 80.7 Å². The fourth-order valence-electron chi connectivity index (χ4n) is 6.74. The first-order valence-electron chi connectivity index (χ1n) is 16.0. The summed E-state index contributed by atoms with van der Waals surface area (Å²) in [7, 11) is 0. The molecule has 0 bridgehead atoms. The molecule has 5 nitrogen and oxygen atoms in total. The minimum absolute atomic E-state index is 0.0508. The number of nitrogens with one attached hydrogen (secondary N) is 1. The van der Waals surface area contributed by atoms with Crippen molar-refractivity contribution in [1.29, 1.82) is 0 Å². The second-order valence-electron chi connectivity index (χ2n) is 12.0. The van der Waals surface area contributed by atoms with Crippen molar-refractivity contribution < 1.29 is 13.9 Å². The lowest BCUT2D eigenvalue weighted by molar-refractivity contribution is 0.0860. The second kappa shape index (κ2) is 14.7. The van der Waals surface area contributed by atoms with Crippen LogP contribution in [0.25, 0.3) is 0 Å². The molecule has 1 amide bonds. The Hall–Kier alpha value is -4.00. The number of rotatable bonds is 11. The topological polar surface area (TPSA) is 44.8 Å². The summed E-state index contributed by atoms with van der Waals surface area (Å²) in [5.74, 6) is 0.596.